The van der Waals surface area contributed by atoms with E-state index in [1.807, 2.05) is 30.3 Å². The summed E-state index contributed by atoms with van der Waals surface area (Å²) in [5, 5.41) is 5.07. The molecule has 2 amide bonds. The minimum Gasteiger partial charge on any atom is -0.493 e. The van der Waals surface area contributed by atoms with E-state index in [0.717, 1.165) is 5.56 Å². The molecule has 7 heteroatoms. The average molecular weight is 344 g/mol. The second-order valence-electron chi connectivity index (χ2n) is 5.04. The van der Waals surface area contributed by atoms with Gasteiger partial charge in [-0.15, -0.1) is 0 Å². The summed E-state index contributed by atoms with van der Waals surface area (Å²) in [6.45, 7) is 0.266. The molecule has 25 heavy (non-hydrogen) atoms. The Morgan fingerprint density at radius 2 is 1.48 bits per heavy atom. The van der Waals surface area contributed by atoms with Gasteiger partial charge in [0.1, 0.15) is 0 Å². The van der Waals surface area contributed by atoms with Crippen LogP contribution in [0.25, 0.3) is 0 Å². The third-order valence-electron chi connectivity index (χ3n) is 3.42. The zero-order valence-corrected chi connectivity index (χ0v) is 14.3. The Bertz CT molecular complexity index is 721. The van der Waals surface area contributed by atoms with Gasteiger partial charge in [-0.05, 0) is 5.56 Å². The molecular weight excluding hydrogens is 324 g/mol. The Kier molecular flexibility index (Phi) is 6.22. The van der Waals surface area contributed by atoms with Gasteiger partial charge in [-0.3, -0.25) is 9.59 Å². The van der Waals surface area contributed by atoms with Crippen molar-refractivity contribution in [2.45, 2.75) is 6.54 Å². The van der Waals surface area contributed by atoms with E-state index in [9.17, 15) is 9.59 Å². The second kappa shape index (κ2) is 8.58. The molecule has 0 saturated carbocycles. The largest absolute Gasteiger partial charge is 0.493 e. The zero-order chi connectivity index (χ0) is 18.2. The monoisotopic (exact) mass is 344 g/mol. The first kappa shape index (κ1) is 18.1. The number of amides is 2. The van der Waals surface area contributed by atoms with Crippen LogP contribution in [0.3, 0.4) is 0 Å². The van der Waals surface area contributed by atoms with E-state index in [4.69, 9.17) is 14.2 Å². The maximum absolute atomic E-state index is 12.1. The van der Waals surface area contributed by atoms with Gasteiger partial charge in [0, 0.05) is 24.4 Å². The summed E-state index contributed by atoms with van der Waals surface area (Å²) in [5.41, 5.74) is 1.26. The van der Waals surface area contributed by atoms with E-state index in [-0.39, 0.29) is 6.54 Å². The molecule has 0 atom stereocenters. The van der Waals surface area contributed by atoms with Crippen LogP contribution in [0.15, 0.2) is 42.5 Å². The molecule has 0 aliphatic heterocycles. The highest BCUT2D eigenvalue weighted by molar-refractivity contribution is 6.39. The van der Waals surface area contributed by atoms with Crippen molar-refractivity contribution < 1.29 is 23.8 Å². The third-order valence-corrected chi connectivity index (χ3v) is 3.42. The number of carbonyl (C=O) groups excluding carboxylic acids is 2. The molecule has 2 aromatic carbocycles. The molecule has 2 N–H and O–H groups in total. The van der Waals surface area contributed by atoms with Crippen LogP contribution in [0.5, 0.6) is 17.2 Å². The second-order valence-corrected chi connectivity index (χ2v) is 5.04. The van der Waals surface area contributed by atoms with E-state index < -0.39 is 11.8 Å². The molecule has 2 aromatic rings. The number of benzene rings is 2. The third kappa shape index (κ3) is 4.63. The Morgan fingerprint density at radius 3 is 2.00 bits per heavy atom. The molecule has 2 rings (SSSR count). The molecule has 0 heterocycles. The molecule has 0 aliphatic rings. The normalized spacial score (nSPS) is 9.88. The fourth-order valence-electron chi connectivity index (χ4n) is 2.20. The SMILES string of the molecule is COc1cc(NC(=O)C(=O)NCc2ccccc2)cc(OC)c1OC. The number of ether oxygens (including phenoxy) is 3. The van der Waals surface area contributed by atoms with Crippen LogP contribution in [-0.4, -0.2) is 33.1 Å². The van der Waals surface area contributed by atoms with Crippen LogP contribution >= 0.6 is 0 Å². The Morgan fingerprint density at radius 1 is 0.880 bits per heavy atom. The zero-order valence-electron chi connectivity index (χ0n) is 14.3. The van der Waals surface area contributed by atoms with Crippen molar-refractivity contribution in [2.75, 3.05) is 26.6 Å². The summed E-state index contributed by atoms with van der Waals surface area (Å²) in [6, 6.07) is 12.4. The fraction of sp³-hybridized carbons (Fsp3) is 0.222. The smallest absolute Gasteiger partial charge is 0.313 e. The van der Waals surface area contributed by atoms with Gasteiger partial charge in [-0.2, -0.15) is 0 Å². The first-order valence-electron chi connectivity index (χ1n) is 7.52. The van der Waals surface area contributed by atoms with Crippen LogP contribution in [0.2, 0.25) is 0 Å². The quantitative estimate of drug-likeness (QED) is 0.783. The van der Waals surface area contributed by atoms with Gasteiger partial charge in [-0.25, -0.2) is 0 Å². The van der Waals surface area contributed by atoms with Crippen molar-refractivity contribution in [3.63, 3.8) is 0 Å². The molecule has 0 spiro atoms. The number of carbonyl (C=O) groups is 2. The molecule has 0 aromatic heterocycles. The molecule has 132 valence electrons. The van der Waals surface area contributed by atoms with E-state index >= 15 is 0 Å². The molecule has 0 aliphatic carbocycles. The lowest BCUT2D eigenvalue weighted by Gasteiger charge is -2.14. The minimum absolute atomic E-state index is 0.266. The van der Waals surface area contributed by atoms with E-state index in [1.165, 1.54) is 21.3 Å². The lowest BCUT2D eigenvalue weighted by molar-refractivity contribution is -0.136. The van der Waals surface area contributed by atoms with Crippen molar-refractivity contribution in [1.29, 1.82) is 0 Å². The standard InChI is InChI=1S/C18H20N2O5/c1-23-14-9-13(10-15(24-2)16(14)25-3)20-18(22)17(21)19-11-12-7-5-4-6-8-12/h4-10H,11H2,1-3H3,(H,19,21)(H,20,22). The molecule has 0 fully saturated rings. The van der Waals surface area contributed by atoms with Crippen LogP contribution in [0.4, 0.5) is 5.69 Å². The predicted molar refractivity (Wildman–Crippen MR) is 93.0 cm³/mol. The maximum atomic E-state index is 12.1. The molecule has 0 bridgehead atoms. The van der Waals surface area contributed by atoms with E-state index in [0.29, 0.717) is 22.9 Å². The summed E-state index contributed by atoms with van der Waals surface area (Å²) in [4.78, 5) is 24.0. The molecule has 0 saturated heterocycles. The van der Waals surface area contributed by atoms with Crippen molar-refractivity contribution >= 4 is 17.5 Å². The summed E-state index contributed by atoms with van der Waals surface area (Å²) in [5.74, 6) is -0.372. The highest BCUT2D eigenvalue weighted by Crippen LogP contribution is 2.39. The van der Waals surface area contributed by atoms with Crippen LogP contribution in [0, 0.1) is 0 Å². The highest BCUT2D eigenvalue weighted by atomic mass is 16.5. The van der Waals surface area contributed by atoms with Gasteiger partial charge < -0.3 is 24.8 Å². The molecular formula is C18H20N2O5. The average Bonchev–Trinajstić information content (AvgIpc) is 2.65. The van der Waals surface area contributed by atoms with Crippen molar-refractivity contribution in [1.82, 2.24) is 5.32 Å². The maximum Gasteiger partial charge on any atom is 0.313 e. The minimum atomic E-state index is -0.787. The topological polar surface area (TPSA) is 85.9 Å². The first-order valence-corrected chi connectivity index (χ1v) is 7.52. The Labute approximate surface area is 145 Å². The van der Waals surface area contributed by atoms with Crippen LogP contribution < -0.4 is 24.8 Å². The molecule has 0 radical (unpaired) electrons. The lowest BCUT2D eigenvalue weighted by Crippen LogP contribution is -2.34. The van der Waals surface area contributed by atoms with E-state index in [2.05, 4.69) is 10.6 Å². The summed E-state index contributed by atoms with van der Waals surface area (Å²) >= 11 is 0. The van der Waals surface area contributed by atoms with Gasteiger partial charge in [-0.1, -0.05) is 30.3 Å². The van der Waals surface area contributed by atoms with Crippen molar-refractivity contribution in [2.24, 2.45) is 0 Å². The Hall–Kier alpha value is -3.22. The van der Waals surface area contributed by atoms with Crippen molar-refractivity contribution in [3.8, 4) is 17.2 Å². The molecule has 0 unspecified atom stereocenters. The highest BCUT2D eigenvalue weighted by Gasteiger charge is 2.17. The van der Waals surface area contributed by atoms with Gasteiger partial charge in [0.2, 0.25) is 5.75 Å². The number of hydrogen-bond donors (Lipinski definition) is 2. The first-order chi connectivity index (χ1) is 12.1. The van der Waals surface area contributed by atoms with E-state index in [1.54, 1.807) is 12.1 Å². The van der Waals surface area contributed by atoms with Crippen LogP contribution in [0.1, 0.15) is 5.56 Å². The van der Waals surface area contributed by atoms with Gasteiger partial charge >= 0.3 is 11.8 Å². The predicted octanol–water partition coefficient (Wildman–Crippen LogP) is 1.97. The lowest BCUT2D eigenvalue weighted by atomic mass is 10.2. The number of nitrogens with one attached hydrogen (secondary N) is 2. The van der Waals surface area contributed by atoms with Crippen molar-refractivity contribution in [3.05, 3.63) is 48.0 Å². The summed E-state index contributed by atoms with van der Waals surface area (Å²) < 4.78 is 15.6. The number of hydrogen-bond acceptors (Lipinski definition) is 5. The number of methoxy groups -OCH3 is 3. The Balaban J connectivity index is 2.05. The summed E-state index contributed by atoms with van der Waals surface area (Å²) in [7, 11) is 4.42. The number of anilines is 1. The van der Waals surface area contributed by atoms with Gasteiger partial charge in [0.15, 0.2) is 11.5 Å². The summed E-state index contributed by atoms with van der Waals surface area (Å²) in [6.07, 6.45) is 0. The molecule has 7 nitrogen and oxygen atoms in total. The van der Waals surface area contributed by atoms with Gasteiger partial charge in [0.25, 0.3) is 0 Å². The van der Waals surface area contributed by atoms with Crippen LogP contribution in [-0.2, 0) is 16.1 Å². The van der Waals surface area contributed by atoms with Gasteiger partial charge in [0.05, 0.1) is 21.3 Å². The number of rotatable bonds is 6. The fourth-order valence-corrected chi connectivity index (χ4v) is 2.20.